The highest BCUT2D eigenvalue weighted by atomic mass is 19.1. The Hall–Kier alpha value is -14.3. The number of ether oxygens (including phenoxy) is 2. The molecule has 16 aromatic carbocycles. The van der Waals surface area contributed by atoms with Crippen molar-refractivity contribution in [1.82, 2.24) is 0 Å². The van der Waals surface area contributed by atoms with Crippen molar-refractivity contribution in [3.8, 4) is 56.4 Å². The van der Waals surface area contributed by atoms with E-state index in [0.717, 1.165) is 167 Å². The first kappa shape index (κ1) is 67.0. The minimum Gasteiger partial charge on any atom is -0.457 e. The van der Waals surface area contributed by atoms with Gasteiger partial charge < -0.3 is 28.1 Å². The van der Waals surface area contributed by atoms with E-state index in [-0.39, 0.29) is 11.6 Å². The van der Waals surface area contributed by atoms with E-state index in [1.807, 2.05) is 159 Å². The van der Waals surface area contributed by atoms with E-state index >= 15 is 8.78 Å². The summed E-state index contributed by atoms with van der Waals surface area (Å²) in [5, 5.41) is 3.96. The van der Waals surface area contributed by atoms with Crippen molar-refractivity contribution in [1.29, 1.82) is 0 Å². The molecule has 2 aliphatic rings. The lowest BCUT2D eigenvalue weighted by Crippen LogP contribution is -2.29. The highest BCUT2D eigenvalue weighted by molar-refractivity contribution is 6.15. The van der Waals surface area contributed by atoms with Crippen LogP contribution in [0.25, 0.3) is 89.4 Å². The second-order valence-electron chi connectivity index (χ2n) is 29.0. The molecule has 2 unspecified atom stereocenters. The van der Waals surface area contributed by atoms with Crippen LogP contribution in [0.15, 0.2) is 374 Å². The zero-order chi connectivity index (χ0) is 75.3. The van der Waals surface area contributed by atoms with Crippen LogP contribution in [-0.4, -0.2) is 0 Å². The van der Waals surface area contributed by atoms with Gasteiger partial charge in [0.2, 0.25) is 0 Å². The number of nitrogens with zero attached hydrogens (tertiary/aromatic N) is 2. The molecular weight excluding hydrogens is 1380 g/mol. The zero-order valence-corrected chi connectivity index (χ0v) is 61.3. The molecule has 112 heavy (non-hydrogen) atoms. The van der Waals surface area contributed by atoms with Crippen molar-refractivity contribution in [2.45, 2.75) is 24.7 Å². The SMILES string of the molecule is C=Cc1ccc(Oc2ccc(C3(c4ccc(F)c(C)c4)c4ccccc4-c4ccc(N(c5ccc(-c6ccc(N(c7ccc8c(c7)C(c7ccc(Oc9ccc(C=C)cc9)cc7)(c7ccc(F)c(C)c7)c7ccccc7-8)c7cccc8oc9ccccc9c78)cc6)cc5)c5cccc6oc7ccccc7c56)cc43)cc2)cc1. The lowest BCUT2D eigenvalue weighted by molar-refractivity contribution is 0.482. The Kier molecular flexibility index (Phi) is 16.0. The highest BCUT2D eigenvalue weighted by Crippen LogP contribution is 2.61. The van der Waals surface area contributed by atoms with E-state index < -0.39 is 10.8 Å². The predicted octanol–water partition coefficient (Wildman–Crippen LogP) is 28.6. The second kappa shape index (κ2) is 26.8. The average Bonchev–Trinajstić information content (AvgIpc) is 1.53. The monoisotopic (exact) mass is 1450 g/mol. The number of halogens is 2. The van der Waals surface area contributed by atoms with E-state index in [1.165, 1.54) is 0 Å². The lowest BCUT2D eigenvalue weighted by atomic mass is 9.67. The number of hydrogen-bond donors (Lipinski definition) is 0. The van der Waals surface area contributed by atoms with Crippen LogP contribution in [0.2, 0.25) is 0 Å². The molecule has 2 aromatic heterocycles. The largest absolute Gasteiger partial charge is 0.457 e. The molecule has 0 saturated carbocycles. The number of furan rings is 2. The Labute approximate surface area is 647 Å². The number of anilines is 6. The third-order valence-electron chi connectivity index (χ3n) is 22.9. The smallest absolute Gasteiger partial charge is 0.137 e. The molecule has 20 rings (SSSR count). The van der Waals surface area contributed by atoms with Crippen LogP contribution in [0.3, 0.4) is 0 Å². The second-order valence-corrected chi connectivity index (χ2v) is 29.0. The molecule has 0 saturated heterocycles. The molecule has 2 heterocycles. The minimum atomic E-state index is -0.904. The standard InChI is InChI=1S/C104H70F2N2O4/c1-5-67-29-49-79(50-30-67)109-81-53-37-71(38-54-81)103(73-41-59-93(105)65(3)61-73)89-21-11-7-17-83(89)85-57-47-77(63-91(85)103)107(95-23-15-27-99-101(95)87-19-9-13-25-97(87)111-99)75-43-33-69(34-44-75)70-35-45-76(46-36-70)108(96-24-16-28-100-102(96)88-20-10-14-26-98(88)112-100)78-48-58-86-84-18-8-12-22-90(84)104(92(86)64-78,74-42-60-94(106)66(4)62-74)72-39-55-82(56-40-72)110-80-51-31-68(6-2)32-52-80/h5-64H,1-2H2,3-4H3. The molecule has 0 N–H and O–H groups in total. The van der Waals surface area contributed by atoms with Crippen molar-refractivity contribution in [3.63, 3.8) is 0 Å². The van der Waals surface area contributed by atoms with Crippen LogP contribution >= 0.6 is 0 Å². The van der Waals surface area contributed by atoms with Gasteiger partial charge in [-0.3, -0.25) is 0 Å². The maximum atomic E-state index is 15.8. The summed E-state index contributed by atoms with van der Waals surface area (Å²) in [6.45, 7) is 11.5. The molecule has 6 nitrogen and oxygen atoms in total. The van der Waals surface area contributed by atoms with Gasteiger partial charge in [-0.2, -0.15) is 0 Å². The molecule has 2 atom stereocenters. The summed E-state index contributed by atoms with van der Waals surface area (Å²) in [7, 11) is 0. The first-order valence-electron chi connectivity index (χ1n) is 37.7. The fourth-order valence-corrected chi connectivity index (χ4v) is 17.7. The maximum absolute atomic E-state index is 15.8. The van der Waals surface area contributed by atoms with Crippen molar-refractivity contribution in [2.24, 2.45) is 0 Å². The maximum Gasteiger partial charge on any atom is 0.137 e. The van der Waals surface area contributed by atoms with Crippen LogP contribution in [0.5, 0.6) is 23.0 Å². The van der Waals surface area contributed by atoms with Crippen LogP contribution in [0, 0.1) is 25.5 Å². The first-order valence-corrected chi connectivity index (χ1v) is 37.7. The summed E-state index contributed by atoms with van der Waals surface area (Å²) < 4.78 is 57.8. The van der Waals surface area contributed by atoms with Gasteiger partial charge in [-0.25, -0.2) is 8.78 Å². The first-order chi connectivity index (χ1) is 55.0. The molecule has 0 spiro atoms. The number of hydrogen-bond acceptors (Lipinski definition) is 6. The summed E-state index contributed by atoms with van der Waals surface area (Å²) in [5.41, 5.74) is 24.6. The van der Waals surface area contributed by atoms with Gasteiger partial charge >= 0.3 is 0 Å². The Bertz CT molecular complexity index is 6370. The van der Waals surface area contributed by atoms with E-state index in [1.54, 1.807) is 12.1 Å². The molecule has 0 radical (unpaired) electrons. The van der Waals surface area contributed by atoms with Gasteiger partial charge in [0.1, 0.15) is 57.0 Å². The van der Waals surface area contributed by atoms with E-state index in [4.69, 9.17) is 18.3 Å². The summed E-state index contributed by atoms with van der Waals surface area (Å²) in [4.78, 5) is 4.70. The van der Waals surface area contributed by atoms with Crippen molar-refractivity contribution in [2.75, 3.05) is 9.80 Å². The molecule has 8 heteroatoms. The number of benzene rings is 16. The van der Waals surface area contributed by atoms with Gasteiger partial charge in [-0.15, -0.1) is 0 Å². The highest BCUT2D eigenvalue weighted by Gasteiger charge is 2.49. The molecular formula is C104H70F2N2O4. The lowest BCUT2D eigenvalue weighted by Gasteiger charge is -2.35. The fourth-order valence-electron chi connectivity index (χ4n) is 17.7. The number of fused-ring (bicyclic) bond motifs is 12. The topological polar surface area (TPSA) is 51.2 Å². The fraction of sp³-hybridized carbons (Fsp3) is 0.0385. The van der Waals surface area contributed by atoms with Gasteiger partial charge in [0.15, 0.2) is 0 Å². The third kappa shape index (κ3) is 10.8. The number of rotatable bonds is 17. The average molecular weight is 1450 g/mol. The van der Waals surface area contributed by atoms with Gasteiger partial charge in [0, 0.05) is 33.5 Å². The Morgan fingerprint density at radius 3 is 1.04 bits per heavy atom. The van der Waals surface area contributed by atoms with E-state index in [9.17, 15) is 0 Å². The molecule has 0 aliphatic heterocycles. The molecule has 0 bridgehead atoms. The van der Waals surface area contributed by atoms with Crippen LogP contribution in [-0.2, 0) is 10.8 Å². The van der Waals surface area contributed by atoms with Gasteiger partial charge in [0.05, 0.1) is 33.0 Å². The zero-order valence-electron chi connectivity index (χ0n) is 61.3. The van der Waals surface area contributed by atoms with Crippen LogP contribution in [0.1, 0.15) is 66.8 Å². The minimum absolute atomic E-state index is 0.266. The third-order valence-corrected chi connectivity index (χ3v) is 22.9. The van der Waals surface area contributed by atoms with Crippen molar-refractivity contribution < 1.29 is 27.1 Å². The van der Waals surface area contributed by atoms with E-state index in [2.05, 4.69) is 229 Å². The summed E-state index contributed by atoms with van der Waals surface area (Å²) >= 11 is 0. The molecule has 534 valence electrons. The molecule has 0 amide bonds. The number of aryl methyl sites for hydroxylation is 2. The molecule has 0 fully saturated rings. The Balaban J connectivity index is 0.721. The van der Waals surface area contributed by atoms with Gasteiger partial charge in [-0.05, 0) is 260 Å². The van der Waals surface area contributed by atoms with Crippen molar-refractivity contribution in [3.05, 3.63) is 443 Å². The van der Waals surface area contributed by atoms with Gasteiger partial charge in [-0.1, -0.05) is 232 Å². The Morgan fingerprint density at radius 2 is 0.643 bits per heavy atom. The molecule has 2 aliphatic carbocycles. The molecule has 18 aromatic rings. The summed E-state index contributed by atoms with van der Waals surface area (Å²) in [6.07, 6.45) is 3.63. The van der Waals surface area contributed by atoms with Crippen LogP contribution in [0.4, 0.5) is 42.9 Å². The number of para-hydroxylation sites is 2. The predicted molar refractivity (Wildman–Crippen MR) is 453 cm³/mol. The van der Waals surface area contributed by atoms with Crippen LogP contribution < -0.4 is 19.3 Å². The van der Waals surface area contributed by atoms with Crippen molar-refractivity contribution >= 4 is 90.2 Å². The Morgan fingerprint density at radius 1 is 0.304 bits per heavy atom. The normalized spacial score (nSPS) is 14.6. The quantitative estimate of drug-likeness (QED) is 0.0906. The summed E-state index contributed by atoms with van der Waals surface area (Å²) in [6, 6.07) is 121. The van der Waals surface area contributed by atoms with Gasteiger partial charge in [0.25, 0.3) is 0 Å². The summed E-state index contributed by atoms with van der Waals surface area (Å²) in [5.74, 6) is 2.27. The van der Waals surface area contributed by atoms with E-state index in [0.29, 0.717) is 34.1 Å².